The maximum atomic E-state index is 10.0. The SMILES string of the molecule is C=C1/C=C\C(O)=C/C[C@]23CCCC[C@@H]2[C@H](C1)N(C)CC3. The van der Waals surface area contributed by atoms with Crippen molar-refractivity contribution in [1.82, 2.24) is 4.90 Å². The van der Waals surface area contributed by atoms with Crippen molar-refractivity contribution in [3.05, 3.63) is 36.1 Å². The molecular formula is C18H27NO. The molecule has 1 saturated carbocycles. The summed E-state index contributed by atoms with van der Waals surface area (Å²) < 4.78 is 0. The average Bonchev–Trinajstić information content (AvgIpc) is 2.46. The summed E-state index contributed by atoms with van der Waals surface area (Å²) in [7, 11) is 2.28. The van der Waals surface area contributed by atoms with Crippen LogP contribution in [0.2, 0.25) is 0 Å². The number of aliphatic hydroxyl groups excluding tert-OH is 1. The summed E-state index contributed by atoms with van der Waals surface area (Å²) in [5.41, 5.74) is 1.57. The van der Waals surface area contributed by atoms with Gasteiger partial charge in [0.25, 0.3) is 0 Å². The Bertz CT molecular complexity index is 450. The monoisotopic (exact) mass is 273 g/mol. The first kappa shape index (κ1) is 13.9. The zero-order chi connectivity index (χ0) is 14.2. The highest BCUT2D eigenvalue weighted by Crippen LogP contribution is 2.53. The number of rotatable bonds is 0. The summed E-state index contributed by atoms with van der Waals surface area (Å²) in [5, 5.41) is 10.0. The Hall–Kier alpha value is -1.02. The molecule has 0 spiro atoms. The summed E-state index contributed by atoms with van der Waals surface area (Å²) >= 11 is 0. The number of aliphatic hydroxyl groups is 1. The lowest BCUT2D eigenvalue weighted by atomic mass is 9.57. The van der Waals surface area contributed by atoms with Gasteiger partial charge in [-0.3, -0.25) is 0 Å². The van der Waals surface area contributed by atoms with Gasteiger partial charge in [-0.1, -0.05) is 31.1 Å². The van der Waals surface area contributed by atoms with Crippen molar-refractivity contribution in [2.24, 2.45) is 11.3 Å². The van der Waals surface area contributed by atoms with Gasteiger partial charge in [-0.2, -0.15) is 0 Å². The second-order valence-corrected chi connectivity index (χ2v) is 7.04. The Kier molecular flexibility index (Phi) is 3.76. The Morgan fingerprint density at radius 2 is 2.15 bits per heavy atom. The lowest BCUT2D eigenvalue weighted by Crippen LogP contribution is -2.54. The number of piperidine rings is 1. The highest BCUT2D eigenvalue weighted by molar-refractivity contribution is 5.25. The van der Waals surface area contributed by atoms with Crippen LogP contribution < -0.4 is 0 Å². The Morgan fingerprint density at radius 1 is 1.30 bits per heavy atom. The fourth-order valence-corrected chi connectivity index (χ4v) is 4.69. The van der Waals surface area contributed by atoms with Crippen LogP contribution in [0.25, 0.3) is 0 Å². The molecule has 1 heterocycles. The molecule has 0 unspecified atom stereocenters. The maximum absolute atomic E-state index is 10.0. The number of hydrogen-bond acceptors (Lipinski definition) is 2. The summed E-state index contributed by atoms with van der Waals surface area (Å²) in [6.07, 6.45) is 14.6. The van der Waals surface area contributed by atoms with Crippen LogP contribution in [0.5, 0.6) is 0 Å². The van der Waals surface area contributed by atoms with Crippen LogP contribution in [0, 0.1) is 11.3 Å². The second kappa shape index (κ2) is 5.40. The van der Waals surface area contributed by atoms with Gasteiger partial charge < -0.3 is 10.0 Å². The molecule has 2 nitrogen and oxygen atoms in total. The van der Waals surface area contributed by atoms with Crippen molar-refractivity contribution in [3.63, 3.8) is 0 Å². The van der Waals surface area contributed by atoms with Crippen molar-refractivity contribution in [3.8, 4) is 0 Å². The van der Waals surface area contributed by atoms with Crippen LogP contribution in [-0.4, -0.2) is 29.6 Å². The summed E-state index contributed by atoms with van der Waals surface area (Å²) in [4.78, 5) is 2.55. The van der Waals surface area contributed by atoms with E-state index in [0.29, 0.717) is 17.2 Å². The quantitative estimate of drug-likeness (QED) is 0.714. The first-order valence-electron chi connectivity index (χ1n) is 8.06. The zero-order valence-corrected chi connectivity index (χ0v) is 12.6. The van der Waals surface area contributed by atoms with Crippen LogP contribution in [0.1, 0.15) is 44.9 Å². The van der Waals surface area contributed by atoms with E-state index in [9.17, 15) is 5.11 Å². The van der Waals surface area contributed by atoms with Crippen LogP contribution >= 0.6 is 0 Å². The van der Waals surface area contributed by atoms with Gasteiger partial charge in [0, 0.05) is 6.04 Å². The molecule has 0 aromatic carbocycles. The molecule has 0 aromatic rings. The highest BCUT2D eigenvalue weighted by Gasteiger charge is 2.47. The van der Waals surface area contributed by atoms with Crippen molar-refractivity contribution in [2.45, 2.75) is 51.0 Å². The van der Waals surface area contributed by atoms with Gasteiger partial charge in [-0.05, 0) is 69.2 Å². The molecule has 3 aliphatic rings. The van der Waals surface area contributed by atoms with Gasteiger partial charge in [0.15, 0.2) is 0 Å². The second-order valence-electron chi connectivity index (χ2n) is 7.04. The summed E-state index contributed by atoms with van der Waals surface area (Å²) in [6, 6.07) is 0.634. The molecule has 0 amide bonds. The van der Waals surface area contributed by atoms with Crippen molar-refractivity contribution < 1.29 is 5.11 Å². The van der Waals surface area contributed by atoms with Crippen LogP contribution in [0.15, 0.2) is 36.1 Å². The molecule has 1 saturated heterocycles. The van der Waals surface area contributed by atoms with E-state index >= 15 is 0 Å². The molecule has 0 radical (unpaired) electrons. The minimum Gasteiger partial charge on any atom is -0.508 e. The van der Waals surface area contributed by atoms with Gasteiger partial charge >= 0.3 is 0 Å². The lowest BCUT2D eigenvalue weighted by molar-refractivity contribution is -0.0352. The van der Waals surface area contributed by atoms with Crippen LogP contribution in [0.3, 0.4) is 0 Å². The predicted octanol–water partition coefficient (Wildman–Crippen LogP) is 4.22. The lowest BCUT2D eigenvalue weighted by Gasteiger charge is -2.54. The van der Waals surface area contributed by atoms with E-state index in [0.717, 1.165) is 24.3 Å². The Balaban J connectivity index is 1.98. The zero-order valence-electron chi connectivity index (χ0n) is 12.6. The number of allylic oxidation sites excluding steroid dienone is 3. The van der Waals surface area contributed by atoms with E-state index in [1.165, 1.54) is 38.6 Å². The van der Waals surface area contributed by atoms with Gasteiger partial charge in [0.05, 0.1) is 0 Å². The smallest absolute Gasteiger partial charge is 0.111 e. The topological polar surface area (TPSA) is 23.5 Å². The van der Waals surface area contributed by atoms with Crippen molar-refractivity contribution in [1.29, 1.82) is 0 Å². The molecule has 110 valence electrons. The highest BCUT2D eigenvalue weighted by atomic mass is 16.3. The van der Waals surface area contributed by atoms with E-state index < -0.39 is 0 Å². The molecule has 1 N–H and O–H groups in total. The van der Waals surface area contributed by atoms with Crippen molar-refractivity contribution >= 4 is 0 Å². The third-order valence-electron chi connectivity index (χ3n) is 5.90. The summed E-state index contributed by atoms with van der Waals surface area (Å²) in [6.45, 7) is 5.38. The van der Waals surface area contributed by atoms with Gasteiger partial charge in [-0.25, -0.2) is 0 Å². The first-order valence-corrected chi connectivity index (χ1v) is 8.06. The Morgan fingerprint density at radius 3 is 3.00 bits per heavy atom. The van der Waals surface area contributed by atoms with Crippen LogP contribution in [-0.2, 0) is 0 Å². The minimum absolute atomic E-state index is 0.419. The van der Waals surface area contributed by atoms with Crippen LogP contribution in [0.4, 0.5) is 0 Å². The average molecular weight is 273 g/mol. The molecule has 0 aromatic heterocycles. The number of likely N-dealkylation sites (tertiary alicyclic amines) is 1. The third-order valence-corrected chi connectivity index (χ3v) is 5.90. The third kappa shape index (κ3) is 2.46. The largest absolute Gasteiger partial charge is 0.508 e. The summed E-state index contributed by atoms with van der Waals surface area (Å²) in [5.74, 6) is 1.18. The van der Waals surface area contributed by atoms with E-state index in [1.807, 2.05) is 12.2 Å². The van der Waals surface area contributed by atoms with E-state index in [1.54, 1.807) is 0 Å². The number of nitrogens with zero attached hydrogens (tertiary/aromatic N) is 1. The maximum Gasteiger partial charge on any atom is 0.111 e. The van der Waals surface area contributed by atoms with Gasteiger partial charge in [-0.15, -0.1) is 0 Å². The van der Waals surface area contributed by atoms with E-state index in [-0.39, 0.29) is 0 Å². The molecule has 1 aliphatic heterocycles. The minimum atomic E-state index is 0.419. The molecule has 2 heteroatoms. The fourth-order valence-electron chi connectivity index (χ4n) is 4.69. The predicted molar refractivity (Wildman–Crippen MR) is 83.7 cm³/mol. The molecule has 3 rings (SSSR count). The molecule has 2 fully saturated rings. The van der Waals surface area contributed by atoms with E-state index in [4.69, 9.17) is 0 Å². The van der Waals surface area contributed by atoms with Gasteiger partial charge in [0.1, 0.15) is 5.76 Å². The standard InChI is InChI=1S/C18H27NO/c1-14-6-7-15(20)8-10-18-9-4-3-5-16(18)17(13-14)19(2)12-11-18/h6-8,16-17,20H,1,3-5,9-13H2,2H3/b7-6-,15-8+/t16-,17+,18+/m1/s1. The molecule has 20 heavy (non-hydrogen) atoms. The van der Waals surface area contributed by atoms with Gasteiger partial charge in [0.2, 0.25) is 0 Å². The normalized spacial score (nSPS) is 43.2. The molecule has 2 bridgehead atoms. The van der Waals surface area contributed by atoms with E-state index in [2.05, 4.69) is 24.6 Å². The fraction of sp³-hybridized carbons (Fsp3) is 0.667. The first-order chi connectivity index (χ1) is 9.61. The number of hydrogen-bond donors (Lipinski definition) is 1. The Labute approximate surface area is 122 Å². The van der Waals surface area contributed by atoms with Crippen molar-refractivity contribution in [2.75, 3.05) is 13.6 Å². The molecule has 3 atom stereocenters. The molecular weight excluding hydrogens is 246 g/mol. The molecule has 2 aliphatic carbocycles.